The van der Waals surface area contributed by atoms with E-state index in [1.165, 1.54) is 0 Å². The van der Waals surface area contributed by atoms with Gasteiger partial charge in [-0.1, -0.05) is 30.3 Å². The summed E-state index contributed by atoms with van der Waals surface area (Å²) >= 11 is 0. The predicted molar refractivity (Wildman–Crippen MR) is 123 cm³/mol. The van der Waals surface area contributed by atoms with E-state index in [2.05, 4.69) is 5.32 Å². The summed E-state index contributed by atoms with van der Waals surface area (Å²) in [6.07, 6.45) is 0.318. The van der Waals surface area contributed by atoms with Crippen molar-refractivity contribution in [2.24, 2.45) is 5.73 Å². The van der Waals surface area contributed by atoms with Crippen LogP contribution in [0.15, 0.2) is 54.6 Å². The van der Waals surface area contributed by atoms with Gasteiger partial charge in [0.15, 0.2) is 0 Å². The van der Waals surface area contributed by atoms with E-state index in [9.17, 15) is 14.7 Å². The minimum atomic E-state index is -1.13. The lowest BCUT2D eigenvalue weighted by atomic mass is 10.1. The molecule has 2 rings (SSSR count). The third-order valence-electron chi connectivity index (χ3n) is 3.86. The van der Waals surface area contributed by atoms with Gasteiger partial charge in [-0.2, -0.15) is 0 Å². The predicted octanol–water partition coefficient (Wildman–Crippen LogP) is 3.98. The highest BCUT2D eigenvalue weighted by Gasteiger charge is 2.24. The van der Waals surface area contributed by atoms with Crippen LogP contribution in [0.4, 0.5) is 4.79 Å². The molecule has 0 bridgehead atoms. The molecule has 0 spiro atoms. The molecular formula is C24H34N2O6. The van der Waals surface area contributed by atoms with E-state index in [4.69, 9.17) is 19.9 Å². The van der Waals surface area contributed by atoms with E-state index in [0.29, 0.717) is 11.5 Å². The number of rotatable bonds is 9. The summed E-state index contributed by atoms with van der Waals surface area (Å²) in [7, 11) is 1.68. The maximum atomic E-state index is 11.9. The Hall–Kier alpha value is -3.10. The number of amides is 1. The Balaban J connectivity index is 0.000000751. The first-order valence-electron chi connectivity index (χ1n) is 10.4. The Morgan fingerprint density at radius 3 is 2.25 bits per heavy atom. The van der Waals surface area contributed by atoms with Crippen molar-refractivity contribution in [2.75, 3.05) is 20.3 Å². The molecule has 0 saturated carbocycles. The first-order valence-corrected chi connectivity index (χ1v) is 10.4. The van der Waals surface area contributed by atoms with Gasteiger partial charge in [0.05, 0.1) is 0 Å². The van der Waals surface area contributed by atoms with Gasteiger partial charge >= 0.3 is 12.1 Å². The fourth-order valence-corrected chi connectivity index (χ4v) is 2.47. The molecule has 0 saturated heterocycles. The van der Waals surface area contributed by atoms with Crippen LogP contribution in [0.1, 0.15) is 32.8 Å². The third-order valence-corrected chi connectivity index (χ3v) is 3.86. The van der Waals surface area contributed by atoms with Crippen molar-refractivity contribution >= 4 is 12.1 Å². The lowest BCUT2D eigenvalue weighted by Gasteiger charge is -2.22. The molecule has 2 aromatic rings. The lowest BCUT2D eigenvalue weighted by molar-refractivity contribution is -0.139. The van der Waals surface area contributed by atoms with Crippen LogP contribution in [0.2, 0.25) is 0 Å². The number of carboxylic acids is 1. The molecule has 0 fully saturated rings. The molecule has 8 nitrogen and oxygen atoms in total. The van der Waals surface area contributed by atoms with Crippen molar-refractivity contribution in [1.29, 1.82) is 0 Å². The van der Waals surface area contributed by atoms with Crippen LogP contribution in [0.3, 0.4) is 0 Å². The SMILES string of the molecule is CC(C)(C)OC(=O)NC(Cc1cccc(Oc2ccccc2)c1)C(=O)O.COCCCN. The Bertz CT molecular complexity index is 817. The zero-order chi connectivity index (χ0) is 24.0. The maximum Gasteiger partial charge on any atom is 0.408 e. The molecule has 0 aliphatic carbocycles. The van der Waals surface area contributed by atoms with Crippen LogP contribution in [0.25, 0.3) is 0 Å². The minimum Gasteiger partial charge on any atom is -0.480 e. The van der Waals surface area contributed by atoms with E-state index >= 15 is 0 Å². The van der Waals surface area contributed by atoms with Gasteiger partial charge in [-0.25, -0.2) is 9.59 Å². The second-order valence-corrected chi connectivity index (χ2v) is 7.94. The molecule has 4 N–H and O–H groups in total. The van der Waals surface area contributed by atoms with Crippen LogP contribution >= 0.6 is 0 Å². The first kappa shape index (κ1) is 26.9. The topological polar surface area (TPSA) is 120 Å². The lowest BCUT2D eigenvalue weighted by Crippen LogP contribution is -2.44. The zero-order valence-corrected chi connectivity index (χ0v) is 19.2. The van der Waals surface area contributed by atoms with E-state index in [0.717, 1.165) is 25.1 Å². The Labute approximate surface area is 189 Å². The van der Waals surface area contributed by atoms with Gasteiger partial charge < -0.3 is 30.4 Å². The highest BCUT2D eigenvalue weighted by Crippen LogP contribution is 2.22. The molecule has 2 aromatic carbocycles. The van der Waals surface area contributed by atoms with E-state index in [1.54, 1.807) is 52.1 Å². The molecular weight excluding hydrogens is 412 g/mol. The highest BCUT2D eigenvalue weighted by atomic mass is 16.6. The van der Waals surface area contributed by atoms with Crippen LogP contribution in [-0.4, -0.2) is 49.1 Å². The van der Waals surface area contributed by atoms with Crippen LogP contribution in [0.5, 0.6) is 11.5 Å². The average Bonchev–Trinajstić information content (AvgIpc) is 2.72. The monoisotopic (exact) mass is 446 g/mol. The van der Waals surface area contributed by atoms with Crippen molar-refractivity contribution in [3.8, 4) is 11.5 Å². The normalized spacial score (nSPS) is 11.5. The maximum absolute atomic E-state index is 11.9. The first-order chi connectivity index (χ1) is 15.1. The summed E-state index contributed by atoms with van der Waals surface area (Å²) in [5.74, 6) is 0.145. The van der Waals surface area contributed by atoms with Crippen molar-refractivity contribution in [1.82, 2.24) is 5.32 Å². The molecule has 0 aliphatic heterocycles. The number of benzene rings is 2. The number of ether oxygens (including phenoxy) is 3. The van der Waals surface area contributed by atoms with Crippen molar-refractivity contribution in [3.05, 3.63) is 60.2 Å². The van der Waals surface area contributed by atoms with Gasteiger partial charge in [-0.15, -0.1) is 0 Å². The average molecular weight is 447 g/mol. The van der Waals surface area contributed by atoms with Gasteiger partial charge in [0.25, 0.3) is 0 Å². The molecule has 32 heavy (non-hydrogen) atoms. The Kier molecular flexibility index (Phi) is 11.8. The van der Waals surface area contributed by atoms with Gasteiger partial charge in [-0.3, -0.25) is 0 Å². The fraction of sp³-hybridized carbons (Fsp3) is 0.417. The van der Waals surface area contributed by atoms with Crippen LogP contribution in [0, 0.1) is 0 Å². The van der Waals surface area contributed by atoms with Gasteiger partial charge in [-0.05, 0) is 63.6 Å². The standard InChI is InChI=1S/C20H23NO5.C4H11NO/c1-20(2,3)26-19(24)21-17(18(22)23)13-14-8-7-11-16(12-14)25-15-9-5-4-6-10-15;1-6-4-2-3-5/h4-12,17H,13H2,1-3H3,(H,21,24)(H,22,23);2-5H2,1H3. The molecule has 0 radical (unpaired) electrons. The summed E-state index contributed by atoms with van der Waals surface area (Å²) in [6, 6.07) is 15.3. The minimum absolute atomic E-state index is 0.112. The number of nitrogens with two attached hydrogens (primary N) is 1. The molecule has 8 heteroatoms. The number of carboxylic acid groups (broad SMARTS) is 1. The number of nitrogens with one attached hydrogen (secondary N) is 1. The molecule has 0 aliphatic rings. The molecule has 1 unspecified atom stereocenters. The fourth-order valence-electron chi connectivity index (χ4n) is 2.47. The zero-order valence-electron chi connectivity index (χ0n) is 19.2. The van der Waals surface area contributed by atoms with E-state index < -0.39 is 23.7 Å². The molecule has 1 amide bonds. The Morgan fingerprint density at radius 1 is 1.06 bits per heavy atom. The van der Waals surface area contributed by atoms with E-state index in [-0.39, 0.29) is 6.42 Å². The molecule has 176 valence electrons. The number of para-hydroxylation sites is 1. The second-order valence-electron chi connectivity index (χ2n) is 7.94. The third kappa shape index (κ3) is 11.9. The highest BCUT2D eigenvalue weighted by molar-refractivity contribution is 5.80. The smallest absolute Gasteiger partial charge is 0.408 e. The summed E-state index contributed by atoms with van der Waals surface area (Å²) in [4.78, 5) is 23.3. The van der Waals surface area contributed by atoms with Gasteiger partial charge in [0, 0.05) is 20.1 Å². The van der Waals surface area contributed by atoms with Crippen LogP contribution in [-0.2, 0) is 20.7 Å². The number of alkyl carbamates (subject to hydrolysis) is 1. The molecule has 0 aromatic heterocycles. The summed E-state index contributed by atoms with van der Waals surface area (Å²) in [5.41, 5.74) is 5.16. The number of aliphatic carboxylic acids is 1. The largest absolute Gasteiger partial charge is 0.480 e. The molecule has 0 heterocycles. The number of carbonyl (C=O) groups is 2. The van der Waals surface area contributed by atoms with E-state index in [1.807, 2.05) is 30.3 Å². The summed E-state index contributed by atoms with van der Waals surface area (Å²) in [6.45, 7) is 6.66. The quantitative estimate of drug-likeness (QED) is 0.498. The van der Waals surface area contributed by atoms with Crippen LogP contribution < -0.4 is 15.8 Å². The van der Waals surface area contributed by atoms with Crippen molar-refractivity contribution < 1.29 is 28.9 Å². The number of hydrogen-bond acceptors (Lipinski definition) is 6. The summed E-state index contributed by atoms with van der Waals surface area (Å²) < 4.78 is 15.6. The molecule has 1 atom stereocenters. The number of hydrogen-bond donors (Lipinski definition) is 3. The summed E-state index contributed by atoms with van der Waals surface area (Å²) in [5, 5.41) is 11.8. The second kappa shape index (κ2) is 14.1. The van der Waals surface area contributed by atoms with Gasteiger partial charge in [0.2, 0.25) is 0 Å². The number of methoxy groups -OCH3 is 1. The number of carbonyl (C=O) groups excluding carboxylic acids is 1. The van der Waals surface area contributed by atoms with Crippen molar-refractivity contribution in [3.63, 3.8) is 0 Å². The Morgan fingerprint density at radius 2 is 1.72 bits per heavy atom. The van der Waals surface area contributed by atoms with Crippen molar-refractivity contribution in [2.45, 2.75) is 45.3 Å². The van der Waals surface area contributed by atoms with Gasteiger partial charge in [0.1, 0.15) is 23.1 Å².